The van der Waals surface area contributed by atoms with Crippen LogP contribution in [0.25, 0.3) is 0 Å². The Morgan fingerprint density at radius 3 is 2.56 bits per heavy atom. The predicted octanol–water partition coefficient (Wildman–Crippen LogP) is 2.09. The summed E-state index contributed by atoms with van der Waals surface area (Å²) in [5, 5.41) is 2.58. The molecule has 1 aromatic carbocycles. The fraction of sp³-hybridized carbons (Fsp3) is 0.273. The van der Waals surface area contributed by atoms with Gasteiger partial charge in [0.2, 0.25) is 0 Å². The van der Waals surface area contributed by atoms with Gasteiger partial charge in [-0.15, -0.1) is 0 Å². The van der Waals surface area contributed by atoms with Gasteiger partial charge in [-0.05, 0) is 41.6 Å². The number of halogens is 1. The third-order valence-electron chi connectivity index (χ3n) is 2.04. The van der Waals surface area contributed by atoms with Gasteiger partial charge < -0.3 is 5.32 Å². The van der Waals surface area contributed by atoms with Gasteiger partial charge in [0.1, 0.15) is 0 Å². The largest absolute Gasteiger partial charge is 0.338 e. The van der Waals surface area contributed by atoms with Crippen molar-refractivity contribution in [2.75, 3.05) is 13.6 Å². The highest BCUT2D eigenvalue weighted by Gasteiger charge is 2.19. The molecular formula is C11H13IN2O2. The van der Waals surface area contributed by atoms with Crippen LogP contribution in [0.5, 0.6) is 0 Å². The lowest BCUT2D eigenvalue weighted by atomic mass is 10.2. The first-order valence-corrected chi connectivity index (χ1v) is 5.96. The smallest absolute Gasteiger partial charge is 0.324 e. The molecule has 0 saturated carbocycles. The van der Waals surface area contributed by atoms with Crippen LogP contribution in [0.2, 0.25) is 0 Å². The molecule has 5 heteroatoms. The highest BCUT2D eigenvalue weighted by molar-refractivity contribution is 14.1. The van der Waals surface area contributed by atoms with Gasteiger partial charge in [-0.1, -0.05) is 12.1 Å². The minimum absolute atomic E-state index is 0.295. The number of urea groups is 1. The van der Waals surface area contributed by atoms with Crippen molar-refractivity contribution in [3.8, 4) is 0 Å². The summed E-state index contributed by atoms with van der Waals surface area (Å²) < 4.78 is 0.834. The molecule has 0 heterocycles. The summed E-state index contributed by atoms with van der Waals surface area (Å²) in [5.41, 5.74) is 0.539. The first-order valence-electron chi connectivity index (χ1n) is 4.88. The number of carbonyl (C=O) groups excluding carboxylic acids is 2. The molecule has 4 nitrogen and oxygen atoms in total. The Labute approximate surface area is 108 Å². The van der Waals surface area contributed by atoms with Gasteiger partial charge in [0.05, 0.1) is 5.56 Å². The van der Waals surface area contributed by atoms with E-state index in [9.17, 15) is 9.59 Å². The molecule has 1 N–H and O–H groups in total. The Balaban J connectivity index is 2.86. The van der Waals surface area contributed by atoms with E-state index in [1.54, 1.807) is 12.1 Å². The van der Waals surface area contributed by atoms with Crippen molar-refractivity contribution in [1.82, 2.24) is 10.2 Å². The van der Waals surface area contributed by atoms with Crippen LogP contribution in [0, 0.1) is 3.57 Å². The monoisotopic (exact) mass is 332 g/mol. The van der Waals surface area contributed by atoms with Crippen LogP contribution in [0.4, 0.5) is 4.79 Å². The Morgan fingerprint density at radius 1 is 1.38 bits per heavy atom. The van der Waals surface area contributed by atoms with Crippen LogP contribution in [-0.2, 0) is 0 Å². The van der Waals surface area contributed by atoms with Crippen molar-refractivity contribution >= 4 is 34.5 Å². The zero-order chi connectivity index (χ0) is 12.1. The Morgan fingerprint density at radius 2 is 2.00 bits per heavy atom. The third-order valence-corrected chi connectivity index (χ3v) is 2.98. The molecule has 0 unspecified atom stereocenters. The van der Waals surface area contributed by atoms with Gasteiger partial charge in [-0.3, -0.25) is 9.69 Å². The predicted molar refractivity (Wildman–Crippen MR) is 70.3 cm³/mol. The van der Waals surface area contributed by atoms with Crippen LogP contribution in [0.15, 0.2) is 24.3 Å². The van der Waals surface area contributed by atoms with Crippen LogP contribution in [-0.4, -0.2) is 30.4 Å². The number of hydrogen-bond donors (Lipinski definition) is 1. The molecule has 0 aliphatic rings. The van der Waals surface area contributed by atoms with Crippen molar-refractivity contribution in [3.05, 3.63) is 33.4 Å². The lowest BCUT2D eigenvalue weighted by Gasteiger charge is -2.16. The summed E-state index contributed by atoms with van der Waals surface area (Å²) in [4.78, 5) is 24.5. The standard InChI is InChI=1S/C11H13IN2O2/c1-3-13-11(16)14(2)10(15)8-6-4-5-7-9(8)12/h4-7H,3H2,1-2H3,(H,13,16). The molecule has 0 radical (unpaired) electrons. The Bertz CT molecular complexity index is 407. The molecule has 0 aliphatic heterocycles. The maximum Gasteiger partial charge on any atom is 0.324 e. The number of imide groups is 1. The number of amides is 3. The number of rotatable bonds is 2. The highest BCUT2D eigenvalue weighted by Crippen LogP contribution is 2.13. The van der Waals surface area contributed by atoms with Crippen LogP contribution < -0.4 is 5.32 Å². The van der Waals surface area contributed by atoms with E-state index in [-0.39, 0.29) is 11.9 Å². The van der Waals surface area contributed by atoms with E-state index >= 15 is 0 Å². The molecule has 1 rings (SSSR count). The van der Waals surface area contributed by atoms with Crippen molar-refractivity contribution in [2.45, 2.75) is 6.92 Å². The molecular weight excluding hydrogens is 319 g/mol. The molecule has 0 aliphatic carbocycles. The van der Waals surface area contributed by atoms with Gasteiger partial charge in [-0.2, -0.15) is 0 Å². The van der Waals surface area contributed by atoms with Gasteiger partial charge >= 0.3 is 6.03 Å². The van der Waals surface area contributed by atoms with Crippen molar-refractivity contribution in [3.63, 3.8) is 0 Å². The molecule has 0 bridgehead atoms. The van der Waals surface area contributed by atoms with Crippen LogP contribution in [0.3, 0.4) is 0 Å². The number of benzene rings is 1. The van der Waals surface area contributed by atoms with Crippen LogP contribution in [0.1, 0.15) is 17.3 Å². The molecule has 0 spiro atoms. The summed E-state index contributed by atoms with van der Waals surface area (Å²) in [5.74, 6) is -0.295. The highest BCUT2D eigenvalue weighted by atomic mass is 127. The van der Waals surface area contributed by atoms with E-state index in [0.29, 0.717) is 12.1 Å². The molecule has 3 amide bonds. The molecule has 1 aromatic rings. The summed E-state index contributed by atoms with van der Waals surface area (Å²) in [7, 11) is 1.47. The van der Waals surface area contributed by atoms with E-state index in [1.807, 2.05) is 19.1 Å². The zero-order valence-electron chi connectivity index (χ0n) is 9.16. The Kier molecular flexibility index (Phi) is 4.72. The van der Waals surface area contributed by atoms with E-state index < -0.39 is 0 Å². The summed E-state index contributed by atoms with van der Waals surface area (Å²) in [6.07, 6.45) is 0. The van der Waals surface area contributed by atoms with E-state index in [1.165, 1.54) is 7.05 Å². The lowest BCUT2D eigenvalue weighted by Crippen LogP contribution is -2.41. The second-order valence-corrected chi connectivity index (χ2v) is 4.34. The third kappa shape index (κ3) is 2.94. The average molecular weight is 332 g/mol. The van der Waals surface area contributed by atoms with Crippen molar-refractivity contribution < 1.29 is 9.59 Å². The number of carbonyl (C=O) groups is 2. The molecule has 0 aromatic heterocycles. The molecule has 16 heavy (non-hydrogen) atoms. The van der Waals surface area contributed by atoms with Crippen molar-refractivity contribution in [1.29, 1.82) is 0 Å². The number of nitrogens with one attached hydrogen (secondary N) is 1. The van der Waals surface area contributed by atoms with Gasteiger partial charge in [0, 0.05) is 17.2 Å². The maximum absolute atomic E-state index is 11.9. The Hall–Kier alpha value is -1.11. The van der Waals surface area contributed by atoms with Gasteiger partial charge in [-0.25, -0.2) is 4.79 Å². The average Bonchev–Trinajstić information content (AvgIpc) is 2.28. The van der Waals surface area contributed by atoms with Crippen molar-refractivity contribution in [2.24, 2.45) is 0 Å². The second-order valence-electron chi connectivity index (χ2n) is 3.18. The van der Waals surface area contributed by atoms with E-state index in [2.05, 4.69) is 27.9 Å². The molecule has 0 atom stereocenters. The molecule has 0 saturated heterocycles. The molecule has 86 valence electrons. The first kappa shape index (κ1) is 13.0. The summed E-state index contributed by atoms with van der Waals surface area (Å²) in [6.45, 7) is 2.31. The normalized spacial score (nSPS) is 9.69. The zero-order valence-corrected chi connectivity index (χ0v) is 11.3. The molecule has 0 fully saturated rings. The second kappa shape index (κ2) is 5.83. The first-order chi connectivity index (χ1) is 7.57. The minimum Gasteiger partial charge on any atom is -0.338 e. The number of hydrogen-bond acceptors (Lipinski definition) is 2. The van der Waals surface area contributed by atoms with E-state index in [0.717, 1.165) is 8.47 Å². The SMILES string of the molecule is CCNC(=O)N(C)C(=O)c1ccccc1I. The fourth-order valence-corrected chi connectivity index (χ4v) is 1.80. The van der Waals surface area contributed by atoms with Crippen LogP contribution >= 0.6 is 22.6 Å². The maximum atomic E-state index is 11.9. The van der Waals surface area contributed by atoms with Gasteiger partial charge in [0.15, 0.2) is 0 Å². The fourth-order valence-electron chi connectivity index (χ4n) is 1.18. The lowest BCUT2D eigenvalue weighted by molar-refractivity contribution is 0.0831. The quantitative estimate of drug-likeness (QED) is 0.843. The van der Waals surface area contributed by atoms with E-state index in [4.69, 9.17) is 0 Å². The van der Waals surface area contributed by atoms with Gasteiger partial charge in [0.25, 0.3) is 5.91 Å². The minimum atomic E-state index is -0.382. The number of nitrogens with zero attached hydrogens (tertiary/aromatic N) is 1. The summed E-state index contributed by atoms with van der Waals surface area (Å²) in [6, 6.07) is 6.79. The summed E-state index contributed by atoms with van der Waals surface area (Å²) >= 11 is 2.07. The topological polar surface area (TPSA) is 49.4 Å².